The number of nitrogens with one attached hydrogen (secondary N) is 1. The topological polar surface area (TPSA) is 12.0 Å². The largest absolute Gasteiger partial charge is 0.358 e. The van der Waals surface area contributed by atoms with Gasteiger partial charge in [0.05, 0.1) is 15.2 Å². The van der Waals surface area contributed by atoms with E-state index in [0.717, 1.165) is 11.1 Å². The van der Waals surface area contributed by atoms with E-state index in [0.29, 0.717) is 29.9 Å². The number of hydrogen-bond donors (Lipinski definition) is 1. The second-order valence-corrected chi connectivity index (χ2v) is 6.79. The second-order valence-electron chi connectivity index (χ2n) is 5.29. The highest BCUT2D eigenvalue weighted by Crippen LogP contribution is 2.38. The molecule has 3 rings (SSSR count). The fourth-order valence-corrected chi connectivity index (χ4v) is 3.21. The molecule has 0 radical (unpaired) electrons. The Balaban J connectivity index is 0.00000109. The highest BCUT2D eigenvalue weighted by molar-refractivity contribution is 14.1. The van der Waals surface area contributed by atoms with Crippen molar-refractivity contribution in [2.45, 2.75) is 24.2 Å². The molecule has 5 heteroatoms. The van der Waals surface area contributed by atoms with Crippen molar-refractivity contribution in [1.82, 2.24) is 5.32 Å². The molecule has 25 heavy (non-hydrogen) atoms. The maximum atomic E-state index is 14.2. The molecule has 0 amide bonds. The van der Waals surface area contributed by atoms with Gasteiger partial charge >= 0.3 is 0 Å². The third-order valence-corrected chi connectivity index (χ3v) is 4.92. The first-order valence-corrected chi connectivity index (χ1v) is 9.25. The second kappa shape index (κ2) is 8.56. The summed E-state index contributed by atoms with van der Waals surface area (Å²) in [6.07, 6.45) is 0.585. The van der Waals surface area contributed by atoms with E-state index in [1.165, 1.54) is 0 Å². The molecule has 0 aromatic heterocycles. The van der Waals surface area contributed by atoms with Crippen LogP contribution in [-0.2, 0) is 0 Å². The smallest absolute Gasteiger partial charge is 0.138 e. The van der Waals surface area contributed by atoms with E-state index in [2.05, 4.69) is 34.5 Å². The molecule has 2 aromatic carbocycles. The van der Waals surface area contributed by atoms with Crippen molar-refractivity contribution in [3.63, 3.8) is 0 Å². The first kappa shape index (κ1) is 19.6. The fourth-order valence-electron chi connectivity index (χ4n) is 2.61. The Labute approximate surface area is 159 Å². The normalized spacial score (nSPS) is 16.9. The molecule has 0 spiro atoms. The molecule has 1 nitrogen and oxygen atoms in total. The number of benzene rings is 2. The zero-order valence-electron chi connectivity index (χ0n) is 14.0. The third-order valence-electron chi connectivity index (χ3n) is 3.73. The Hall–Kier alpha value is -1.76. The minimum atomic E-state index is -0.938. The Kier molecular flexibility index (Phi) is 6.70. The van der Waals surface area contributed by atoms with E-state index in [1.54, 1.807) is 0 Å². The SMILES string of the molecule is C=C1NC(c2c(F)cc(F)cc2F)=C(c2ccccc2)CC1I.CC. The van der Waals surface area contributed by atoms with Crippen LogP contribution in [0.3, 0.4) is 0 Å². The van der Waals surface area contributed by atoms with Crippen molar-refractivity contribution in [3.8, 4) is 0 Å². The molecular weight excluding hydrogens is 438 g/mol. The van der Waals surface area contributed by atoms with Crippen LogP contribution in [0.25, 0.3) is 11.3 Å². The summed E-state index contributed by atoms with van der Waals surface area (Å²) in [7, 11) is 0. The number of hydrogen-bond acceptors (Lipinski definition) is 1. The lowest BCUT2D eigenvalue weighted by molar-refractivity contribution is 0.537. The van der Waals surface area contributed by atoms with E-state index >= 15 is 0 Å². The van der Waals surface area contributed by atoms with Gasteiger partial charge in [0.1, 0.15) is 17.5 Å². The summed E-state index contributed by atoms with van der Waals surface area (Å²) >= 11 is 2.23. The van der Waals surface area contributed by atoms with E-state index in [-0.39, 0.29) is 9.49 Å². The van der Waals surface area contributed by atoms with Crippen molar-refractivity contribution in [1.29, 1.82) is 0 Å². The van der Waals surface area contributed by atoms with Gasteiger partial charge in [-0.15, -0.1) is 0 Å². The molecule has 0 bridgehead atoms. The van der Waals surface area contributed by atoms with E-state index in [1.807, 2.05) is 44.2 Å². The monoisotopic (exact) mass is 457 g/mol. The molecule has 1 N–H and O–H groups in total. The lowest BCUT2D eigenvalue weighted by atomic mass is 9.91. The van der Waals surface area contributed by atoms with Gasteiger partial charge in [-0.2, -0.15) is 0 Å². The summed E-state index contributed by atoms with van der Waals surface area (Å²) in [4.78, 5) is 0. The Morgan fingerprint density at radius 1 is 1.04 bits per heavy atom. The van der Waals surface area contributed by atoms with Gasteiger partial charge in [0.25, 0.3) is 0 Å². The van der Waals surface area contributed by atoms with Crippen LogP contribution in [0.4, 0.5) is 13.2 Å². The number of allylic oxidation sites excluding steroid dienone is 2. The van der Waals surface area contributed by atoms with Gasteiger partial charge < -0.3 is 5.32 Å². The standard InChI is InChI=1S/C18H13F3IN.C2H6/c1-10-16(22)9-13(11-5-3-2-4-6-11)18(23-10)17-14(20)7-12(19)8-15(17)21;1-2/h2-8,16,23H,1,9H2;1-2H3. The maximum Gasteiger partial charge on any atom is 0.138 e. The predicted molar refractivity (Wildman–Crippen MR) is 106 cm³/mol. The molecule has 1 heterocycles. The summed E-state index contributed by atoms with van der Waals surface area (Å²) in [6.45, 7) is 7.90. The van der Waals surface area contributed by atoms with Gasteiger partial charge in [0.15, 0.2) is 0 Å². The molecule has 1 unspecified atom stereocenters. The van der Waals surface area contributed by atoms with Crippen LogP contribution in [0.2, 0.25) is 0 Å². The molecule has 0 fully saturated rings. The van der Waals surface area contributed by atoms with Gasteiger partial charge in [-0.25, -0.2) is 13.2 Å². The highest BCUT2D eigenvalue weighted by atomic mass is 127. The Morgan fingerprint density at radius 2 is 1.60 bits per heavy atom. The molecule has 1 aliphatic rings. The first-order chi connectivity index (χ1) is 12.0. The molecule has 1 aliphatic heterocycles. The number of alkyl halides is 1. The fraction of sp³-hybridized carbons (Fsp3) is 0.200. The summed E-state index contributed by atoms with van der Waals surface area (Å²) in [6, 6.07) is 10.7. The number of halogens is 4. The van der Waals surface area contributed by atoms with Crippen molar-refractivity contribution in [3.05, 3.63) is 83.3 Å². The van der Waals surface area contributed by atoms with Gasteiger partial charge in [-0.1, -0.05) is 73.3 Å². The molecule has 1 atom stereocenters. The first-order valence-electron chi connectivity index (χ1n) is 8.00. The van der Waals surface area contributed by atoms with Crippen LogP contribution in [0.5, 0.6) is 0 Å². The average Bonchev–Trinajstić information content (AvgIpc) is 2.59. The Bertz CT molecular complexity index is 777. The lowest BCUT2D eigenvalue weighted by Gasteiger charge is -2.28. The van der Waals surface area contributed by atoms with Crippen LogP contribution in [0, 0.1) is 17.5 Å². The summed E-state index contributed by atoms with van der Waals surface area (Å²) < 4.78 is 41.7. The molecular formula is C20H19F3IN. The average molecular weight is 457 g/mol. The van der Waals surface area contributed by atoms with Gasteiger partial charge in [-0.3, -0.25) is 0 Å². The van der Waals surface area contributed by atoms with E-state index in [4.69, 9.17) is 0 Å². The van der Waals surface area contributed by atoms with Crippen molar-refractivity contribution < 1.29 is 13.2 Å². The highest BCUT2D eigenvalue weighted by Gasteiger charge is 2.27. The molecule has 0 saturated carbocycles. The van der Waals surface area contributed by atoms with Crippen LogP contribution >= 0.6 is 22.6 Å². The molecule has 2 aromatic rings. The molecule has 0 saturated heterocycles. The zero-order chi connectivity index (χ0) is 18.6. The van der Waals surface area contributed by atoms with Crippen LogP contribution < -0.4 is 5.32 Å². The van der Waals surface area contributed by atoms with Crippen LogP contribution in [0.1, 0.15) is 31.4 Å². The van der Waals surface area contributed by atoms with Gasteiger partial charge in [0, 0.05) is 17.8 Å². The Morgan fingerprint density at radius 3 is 2.16 bits per heavy atom. The van der Waals surface area contributed by atoms with Gasteiger partial charge in [-0.05, 0) is 17.6 Å². The lowest BCUT2D eigenvalue weighted by Crippen LogP contribution is -2.26. The summed E-state index contributed by atoms with van der Waals surface area (Å²) in [5.41, 5.74) is 2.37. The predicted octanol–water partition coefficient (Wildman–Crippen LogP) is 6.31. The van der Waals surface area contributed by atoms with Crippen LogP contribution in [-0.4, -0.2) is 3.92 Å². The maximum absolute atomic E-state index is 14.2. The van der Waals surface area contributed by atoms with Crippen molar-refractivity contribution >= 4 is 33.9 Å². The zero-order valence-corrected chi connectivity index (χ0v) is 16.2. The van der Waals surface area contributed by atoms with Gasteiger partial charge in [0.2, 0.25) is 0 Å². The third kappa shape index (κ3) is 4.26. The minimum Gasteiger partial charge on any atom is -0.358 e. The van der Waals surface area contributed by atoms with E-state index < -0.39 is 17.5 Å². The van der Waals surface area contributed by atoms with E-state index in [9.17, 15) is 13.2 Å². The summed E-state index contributed by atoms with van der Waals surface area (Å²) in [5, 5.41) is 3.01. The quantitative estimate of drug-likeness (QED) is 0.412. The van der Waals surface area contributed by atoms with Crippen molar-refractivity contribution in [2.24, 2.45) is 0 Å². The summed E-state index contributed by atoms with van der Waals surface area (Å²) in [5.74, 6) is -2.80. The minimum absolute atomic E-state index is 0.0955. The molecule has 132 valence electrons. The number of rotatable bonds is 2. The van der Waals surface area contributed by atoms with Crippen LogP contribution in [0.15, 0.2) is 54.7 Å². The molecule has 0 aliphatic carbocycles. The van der Waals surface area contributed by atoms with Crippen molar-refractivity contribution in [2.75, 3.05) is 0 Å².